The first-order valence-electron chi connectivity index (χ1n) is 11.3. The standard InChI is InChI=1S/C25H29N3O4/c1-17-4-3-5-20(12-17)27-9-8-26(15-18(27)2)25(30)19-13-24(29)28(16-19)21-6-7-22-23(14-21)32-11-10-31-22/h3-7,12,14,18-19H,8-11,13,15-16H2,1-2H3/t18-,19+/m1/s1. The molecule has 0 saturated carbocycles. The second-order valence-corrected chi connectivity index (χ2v) is 8.90. The molecule has 2 aromatic carbocycles. The summed E-state index contributed by atoms with van der Waals surface area (Å²) in [5, 5.41) is 0. The lowest BCUT2D eigenvalue weighted by Gasteiger charge is -2.42. The van der Waals surface area contributed by atoms with Crippen molar-refractivity contribution in [1.29, 1.82) is 0 Å². The highest BCUT2D eigenvalue weighted by atomic mass is 16.6. The molecule has 0 radical (unpaired) electrons. The minimum Gasteiger partial charge on any atom is -0.486 e. The molecule has 2 atom stereocenters. The Labute approximate surface area is 188 Å². The van der Waals surface area contributed by atoms with Crippen molar-refractivity contribution < 1.29 is 19.1 Å². The third-order valence-corrected chi connectivity index (χ3v) is 6.58. The van der Waals surface area contributed by atoms with Crippen LogP contribution in [-0.2, 0) is 9.59 Å². The van der Waals surface area contributed by atoms with Crippen LogP contribution in [-0.4, -0.2) is 62.1 Å². The first-order valence-corrected chi connectivity index (χ1v) is 11.3. The molecule has 0 aliphatic carbocycles. The molecule has 0 N–H and O–H groups in total. The molecule has 0 spiro atoms. The van der Waals surface area contributed by atoms with E-state index in [1.165, 1.54) is 11.3 Å². The van der Waals surface area contributed by atoms with Gasteiger partial charge in [0.25, 0.3) is 0 Å². The number of aryl methyl sites for hydroxylation is 1. The van der Waals surface area contributed by atoms with Gasteiger partial charge in [0, 0.05) is 56.1 Å². The van der Waals surface area contributed by atoms with E-state index in [-0.39, 0.29) is 30.2 Å². The van der Waals surface area contributed by atoms with Crippen molar-refractivity contribution in [2.24, 2.45) is 5.92 Å². The number of rotatable bonds is 3. The zero-order chi connectivity index (χ0) is 22.2. The lowest BCUT2D eigenvalue weighted by Crippen LogP contribution is -2.55. The molecule has 0 bridgehead atoms. The summed E-state index contributed by atoms with van der Waals surface area (Å²) in [6.45, 7) is 7.82. The van der Waals surface area contributed by atoms with Crippen LogP contribution in [0.4, 0.5) is 11.4 Å². The number of carbonyl (C=O) groups excluding carboxylic acids is 2. The van der Waals surface area contributed by atoms with E-state index in [1.807, 2.05) is 23.1 Å². The van der Waals surface area contributed by atoms with Gasteiger partial charge in [-0.2, -0.15) is 0 Å². The molecule has 3 aliphatic heterocycles. The quantitative estimate of drug-likeness (QED) is 0.742. The van der Waals surface area contributed by atoms with Crippen LogP contribution in [0.25, 0.3) is 0 Å². The van der Waals surface area contributed by atoms with Crippen LogP contribution in [0.1, 0.15) is 18.9 Å². The van der Waals surface area contributed by atoms with Crippen molar-refractivity contribution in [3.05, 3.63) is 48.0 Å². The van der Waals surface area contributed by atoms with E-state index in [9.17, 15) is 9.59 Å². The first kappa shape index (κ1) is 20.7. The highest BCUT2D eigenvalue weighted by Gasteiger charge is 2.39. The number of hydrogen-bond acceptors (Lipinski definition) is 5. The number of amides is 2. The van der Waals surface area contributed by atoms with Crippen molar-refractivity contribution in [2.75, 3.05) is 49.2 Å². The molecule has 7 nitrogen and oxygen atoms in total. The van der Waals surface area contributed by atoms with Crippen molar-refractivity contribution in [2.45, 2.75) is 26.3 Å². The summed E-state index contributed by atoms with van der Waals surface area (Å²) in [7, 11) is 0. The summed E-state index contributed by atoms with van der Waals surface area (Å²) in [5.41, 5.74) is 3.19. The number of hydrogen-bond donors (Lipinski definition) is 0. The van der Waals surface area contributed by atoms with Crippen molar-refractivity contribution in [1.82, 2.24) is 4.90 Å². The molecule has 5 rings (SSSR count). The van der Waals surface area contributed by atoms with Gasteiger partial charge < -0.3 is 24.2 Å². The largest absolute Gasteiger partial charge is 0.486 e. The van der Waals surface area contributed by atoms with Gasteiger partial charge >= 0.3 is 0 Å². The monoisotopic (exact) mass is 435 g/mol. The number of piperazine rings is 1. The van der Waals surface area contributed by atoms with Gasteiger partial charge in [-0.25, -0.2) is 0 Å². The molecular weight excluding hydrogens is 406 g/mol. The Kier molecular flexibility index (Phi) is 5.41. The van der Waals surface area contributed by atoms with E-state index < -0.39 is 0 Å². The maximum atomic E-state index is 13.3. The van der Waals surface area contributed by atoms with Gasteiger partial charge in [-0.3, -0.25) is 9.59 Å². The Morgan fingerprint density at radius 2 is 1.78 bits per heavy atom. The van der Waals surface area contributed by atoms with E-state index >= 15 is 0 Å². The van der Waals surface area contributed by atoms with Gasteiger partial charge in [-0.15, -0.1) is 0 Å². The maximum absolute atomic E-state index is 13.3. The molecule has 0 unspecified atom stereocenters. The van der Waals surface area contributed by atoms with E-state index in [4.69, 9.17) is 9.47 Å². The van der Waals surface area contributed by atoms with Crippen LogP contribution in [0.2, 0.25) is 0 Å². The van der Waals surface area contributed by atoms with Crippen LogP contribution in [0.3, 0.4) is 0 Å². The summed E-state index contributed by atoms with van der Waals surface area (Å²) in [6.07, 6.45) is 0.250. The van der Waals surface area contributed by atoms with Crippen LogP contribution in [0.15, 0.2) is 42.5 Å². The molecule has 2 aromatic rings. The molecule has 2 amide bonds. The second kappa shape index (κ2) is 8.37. The zero-order valence-electron chi connectivity index (χ0n) is 18.6. The van der Waals surface area contributed by atoms with Crippen LogP contribution >= 0.6 is 0 Å². The number of benzene rings is 2. The van der Waals surface area contributed by atoms with Crippen LogP contribution < -0.4 is 19.3 Å². The predicted molar refractivity (Wildman–Crippen MR) is 122 cm³/mol. The smallest absolute Gasteiger partial charge is 0.228 e. The highest BCUT2D eigenvalue weighted by molar-refractivity contribution is 6.00. The van der Waals surface area contributed by atoms with Gasteiger partial charge in [-0.05, 0) is 43.7 Å². The number of anilines is 2. The molecule has 3 heterocycles. The summed E-state index contributed by atoms with van der Waals surface area (Å²) in [5.74, 6) is 1.09. The Morgan fingerprint density at radius 1 is 0.969 bits per heavy atom. The fourth-order valence-electron chi connectivity index (χ4n) is 4.93. The minimum atomic E-state index is -0.312. The minimum absolute atomic E-state index is 0.0218. The summed E-state index contributed by atoms with van der Waals surface area (Å²) in [4.78, 5) is 32.0. The Morgan fingerprint density at radius 3 is 2.56 bits per heavy atom. The first-order chi connectivity index (χ1) is 15.5. The third kappa shape index (κ3) is 3.87. The van der Waals surface area contributed by atoms with E-state index in [0.29, 0.717) is 44.3 Å². The van der Waals surface area contributed by atoms with E-state index in [2.05, 4.69) is 43.0 Å². The fraction of sp³-hybridized carbons (Fsp3) is 0.440. The van der Waals surface area contributed by atoms with Gasteiger partial charge in [0.15, 0.2) is 11.5 Å². The predicted octanol–water partition coefficient (Wildman–Crippen LogP) is 2.86. The van der Waals surface area contributed by atoms with E-state index in [0.717, 1.165) is 12.2 Å². The number of fused-ring (bicyclic) bond motifs is 1. The molecule has 32 heavy (non-hydrogen) atoms. The van der Waals surface area contributed by atoms with E-state index in [1.54, 1.807) is 4.90 Å². The topological polar surface area (TPSA) is 62.3 Å². The number of nitrogens with zero attached hydrogens (tertiary/aromatic N) is 3. The Balaban J connectivity index is 1.24. The van der Waals surface area contributed by atoms with Crippen molar-refractivity contribution in [3.63, 3.8) is 0 Å². The average Bonchev–Trinajstić information content (AvgIpc) is 3.19. The van der Waals surface area contributed by atoms with Gasteiger partial charge in [0.05, 0.1) is 5.92 Å². The molecule has 0 aromatic heterocycles. The summed E-state index contributed by atoms with van der Waals surface area (Å²) < 4.78 is 11.2. The summed E-state index contributed by atoms with van der Waals surface area (Å²) >= 11 is 0. The molecule has 2 fully saturated rings. The molecule has 3 aliphatic rings. The van der Waals surface area contributed by atoms with Crippen LogP contribution in [0.5, 0.6) is 11.5 Å². The lowest BCUT2D eigenvalue weighted by atomic mass is 10.0. The number of ether oxygens (including phenoxy) is 2. The van der Waals surface area contributed by atoms with Gasteiger partial charge in [0.1, 0.15) is 13.2 Å². The average molecular weight is 436 g/mol. The zero-order valence-corrected chi connectivity index (χ0v) is 18.6. The third-order valence-electron chi connectivity index (χ3n) is 6.58. The molecule has 2 saturated heterocycles. The SMILES string of the molecule is Cc1cccc(N2CCN(C(=O)[C@H]3CC(=O)N(c4ccc5c(c4)OCCO5)C3)C[C@H]2C)c1. The van der Waals surface area contributed by atoms with Gasteiger partial charge in [0.2, 0.25) is 11.8 Å². The van der Waals surface area contributed by atoms with Gasteiger partial charge in [-0.1, -0.05) is 12.1 Å². The molecule has 7 heteroatoms. The molecular formula is C25H29N3O4. The fourth-order valence-corrected chi connectivity index (χ4v) is 4.93. The second-order valence-electron chi connectivity index (χ2n) is 8.90. The Bertz CT molecular complexity index is 1040. The van der Waals surface area contributed by atoms with Crippen molar-refractivity contribution >= 4 is 23.2 Å². The van der Waals surface area contributed by atoms with Crippen molar-refractivity contribution in [3.8, 4) is 11.5 Å². The number of carbonyl (C=O) groups is 2. The lowest BCUT2D eigenvalue weighted by molar-refractivity contribution is -0.136. The molecule has 168 valence electrons. The normalized spacial score (nSPS) is 22.9. The maximum Gasteiger partial charge on any atom is 0.228 e. The van der Waals surface area contributed by atoms with Crippen LogP contribution in [0, 0.1) is 12.8 Å². The highest BCUT2D eigenvalue weighted by Crippen LogP contribution is 2.36. The summed E-state index contributed by atoms with van der Waals surface area (Å²) in [6, 6.07) is 14.2. The Hall–Kier alpha value is -3.22.